The second kappa shape index (κ2) is 6.32. The van der Waals surface area contributed by atoms with E-state index in [1.807, 2.05) is 0 Å². The van der Waals surface area contributed by atoms with Crippen molar-refractivity contribution in [1.29, 1.82) is 0 Å². The number of methoxy groups -OCH3 is 1. The van der Waals surface area contributed by atoms with Crippen molar-refractivity contribution in [3.63, 3.8) is 0 Å². The number of aromatic nitrogens is 2. The predicted molar refractivity (Wildman–Crippen MR) is 91.3 cm³/mol. The average Bonchev–Trinajstić information content (AvgIpc) is 2.55. The largest absolute Gasteiger partial charge is 0.464 e. The monoisotopic (exact) mass is 366 g/mol. The molecule has 3 rings (SSSR count). The number of benzene rings is 2. The Kier molecular flexibility index (Phi) is 4.39. The summed E-state index contributed by atoms with van der Waals surface area (Å²) in [6.45, 7) is 0. The lowest BCUT2D eigenvalue weighted by Crippen LogP contribution is -2.07. The molecule has 0 unspecified atom stereocenters. The first kappa shape index (κ1) is 16.0. The van der Waals surface area contributed by atoms with Gasteiger partial charge in [0.25, 0.3) is 0 Å². The molecule has 0 amide bonds. The predicted octanol–water partition coefficient (Wildman–Crippen LogP) is 5.04. The van der Waals surface area contributed by atoms with Crippen molar-refractivity contribution in [3.8, 4) is 11.4 Å². The summed E-state index contributed by atoms with van der Waals surface area (Å²) in [6, 6.07) is 10.0. The summed E-state index contributed by atoms with van der Waals surface area (Å²) in [7, 11) is 1.29. The summed E-state index contributed by atoms with van der Waals surface area (Å²) >= 11 is 18.0. The van der Waals surface area contributed by atoms with Gasteiger partial charge < -0.3 is 4.74 Å². The van der Waals surface area contributed by atoms with Gasteiger partial charge in [-0.05, 0) is 36.4 Å². The molecule has 0 atom stereocenters. The fraction of sp³-hybridized carbons (Fsp3) is 0.0625. The molecule has 1 heterocycles. The summed E-state index contributed by atoms with van der Waals surface area (Å²) in [5.74, 6) is -0.222. The van der Waals surface area contributed by atoms with Gasteiger partial charge in [0.05, 0.1) is 22.7 Å². The lowest BCUT2D eigenvalue weighted by atomic mass is 10.1. The van der Waals surface area contributed by atoms with Gasteiger partial charge in [-0.15, -0.1) is 0 Å². The van der Waals surface area contributed by atoms with Crippen molar-refractivity contribution in [2.75, 3.05) is 7.11 Å². The molecule has 3 aromatic rings. The third kappa shape index (κ3) is 3.11. The van der Waals surface area contributed by atoms with Crippen LogP contribution in [0.15, 0.2) is 36.4 Å². The normalized spacial score (nSPS) is 10.8. The molecule has 23 heavy (non-hydrogen) atoms. The van der Waals surface area contributed by atoms with Crippen LogP contribution in [0.1, 0.15) is 10.5 Å². The maximum Gasteiger partial charge on any atom is 0.357 e. The first-order valence-electron chi connectivity index (χ1n) is 6.50. The Balaban J connectivity index is 2.28. The molecular weight excluding hydrogens is 359 g/mol. The minimum absolute atomic E-state index is 0.140. The Bertz CT molecular complexity index is 929. The van der Waals surface area contributed by atoms with Crippen molar-refractivity contribution in [3.05, 3.63) is 57.2 Å². The topological polar surface area (TPSA) is 52.1 Å². The van der Waals surface area contributed by atoms with Crippen LogP contribution in [0.3, 0.4) is 0 Å². The maximum absolute atomic E-state index is 12.0. The highest BCUT2D eigenvalue weighted by atomic mass is 35.5. The molecule has 2 aromatic carbocycles. The van der Waals surface area contributed by atoms with Gasteiger partial charge in [0.2, 0.25) is 0 Å². The Hall–Kier alpha value is -1.88. The van der Waals surface area contributed by atoms with E-state index < -0.39 is 5.97 Å². The zero-order chi connectivity index (χ0) is 16.6. The van der Waals surface area contributed by atoms with Crippen LogP contribution in [0, 0.1) is 0 Å². The third-order valence-electron chi connectivity index (χ3n) is 3.21. The molecule has 4 nitrogen and oxygen atoms in total. The van der Waals surface area contributed by atoms with Crippen LogP contribution in [0.2, 0.25) is 15.1 Å². The van der Waals surface area contributed by atoms with E-state index in [0.29, 0.717) is 37.4 Å². The quantitative estimate of drug-likeness (QED) is 0.595. The Morgan fingerprint density at radius 1 is 1.00 bits per heavy atom. The average molecular weight is 368 g/mol. The van der Waals surface area contributed by atoms with E-state index in [-0.39, 0.29) is 5.69 Å². The standard InChI is InChI=1S/C16H9Cl3N2O2/c1-23-16(22)14-10-7-9(17)3-5-13(10)20-15(21-14)8-2-4-11(18)12(19)6-8/h2-7H,1H3. The molecule has 0 bridgehead atoms. The van der Waals surface area contributed by atoms with Crippen LogP contribution in [-0.4, -0.2) is 23.0 Å². The first-order valence-corrected chi connectivity index (χ1v) is 7.64. The molecule has 116 valence electrons. The number of rotatable bonds is 2. The molecule has 0 fully saturated rings. The number of carbonyl (C=O) groups excluding carboxylic acids is 1. The van der Waals surface area contributed by atoms with Crippen LogP contribution >= 0.6 is 34.8 Å². The number of carbonyl (C=O) groups is 1. The van der Waals surface area contributed by atoms with Crippen LogP contribution < -0.4 is 0 Å². The van der Waals surface area contributed by atoms with Gasteiger partial charge in [0.1, 0.15) is 0 Å². The van der Waals surface area contributed by atoms with E-state index in [1.165, 1.54) is 7.11 Å². The number of hydrogen-bond donors (Lipinski definition) is 0. The molecule has 0 radical (unpaired) electrons. The lowest BCUT2D eigenvalue weighted by molar-refractivity contribution is 0.0596. The fourth-order valence-electron chi connectivity index (χ4n) is 2.12. The molecule has 7 heteroatoms. The zero-order valence-electron chi connectivity index (χ0n) is 11.8. The van der Waals surface area contributed by atoms with E-state index in [1.54, 1.807) is 36.4 Å². The van der Waals surface area contributed by atoms with E-state index in [4.69, 9.17) is 39.5 Å². The first-order chi connectivity index (χ1) is 11.0. The number of hydrogen-bond acceptors (Lipinski definition) is 4. The minimum Gasteiger partial charge on any atom is -0.464 e. The molecule has 0 saturated heterocycles. The maximum atomic E-state index is 12.0. The van der Waals surface area contributed by atoms with Crippen molar-refractivity contribution >= 4 is 51.7 Å². The number of ether oxygens (including phenoxy) is 1. The van der Waals surface area contributed by atoms with Crippen molar-refractivity contribution in [2.45, 2.75) is 0 Å². The van der Waals surface area contributed by atoms with Crippen molar-refractivity contribution in [1.82, 2.24) is 9.97 Å². The molecule has 0 aliphatic heterocycles. The van der Waals surface area contributed by atoms with Crippen LogP contribution in [0.25, 0.3) is 22.3 Å². The smallest absolute Gasteiger partial charge is 0.357 e. The van der Waals surface area contributed by atoms with Gasteiger partial charge in [-0.25, -0.2) is 14.8 Å². The van der Waals surface area contributed by atoms with Gasteiger partial charge in [0, 0.05) is 16.0 Å². The Morgan fingerprint density at radius 2 is 1.78 bits per heavy atom. The summed E-state index contributed by atoms with van der Waals surface area (Å²) in [4.78, 5) is 20.8. The van der Waals surface area contributed by atoms with Crippen molar-refractivity contribution < 1.29 is 9.53 Å². The van der Waals surface area contributed by atoms with Gasteiger partial charge in [-0.2, -0.15) is 0 Å². The van der Waals surface area contributed by atoms with Crippen molar-refractivity contribution in [2.24, 2.45) is 0 Å². The van der Waals surface area contributed by atoms with E-state index in [2.05, 4.69) is 9.97 Å². The molecule has 0 aliphatic rings. The third-order valence-corrected chi connectivity index (χ3v) is 4.19. The molecule has 1 aromatic heterocycles. The van der Waals surface area contributed by atoms with Gasteiger partial charge in [-0.3, -0.25) is 0 Å². The Morgan fingerprint density at radius 3 is 2.48 bits per heavy atom. The summed E-state index contributed by atoms with van der Waals surface area (Å²) in [5, 5.41) is 1.81. The highest BCUT2D eigenvalue weighted by Crippen LogP contribution is 2.29. The SMILES string of the molecule is COC(=O)c1nc(-c2ccc(Cl)c(Cl)c2)nc2ccc(Cl)cc12. The number of halogens is 3. The second-order valence-corrected chi connectivity index (χ2v) is 5.93. The summed E-state index contributed by atoms with van der Waals surface area (Å²) < 4.78 is 4.80. The summed E-state index contributed by atoms with van der Waals surface area (Å²) in [5.41, 5.74) is 1.35. The van der Waals surface area contributed by atoms with E-state index in [9.17, 15) is 4.79 Å². The molecule has 0 spiro atoms. The number of fused-ring (bicyclic) bond motifs is 1. The fourth-order valence-corrected chi connectivity index (χ4v) is 2.59. The lowest BCUT2D eigenvalue weighted by Gasteiger charge is -2.08. The number of nitrogens with zero attached hydrogens (tertiary/aromatic N) is 2. The van der Waals surface area contributed by atoms with Crippen LogP contribution in [-0.2, 0) is 4.74 Å². The minimum atomic E-state index is -0.569. The molecule has 0 aliphatic carbocycles. The van der Waals surface area contributed by atoms with Crippen LogP contribution in [0.5, 0.6) is 0 Å². The van der Waals surface area contributed by atoms with E-state index in [0.717, 1.165) is 0 Å². The van der Waals surface area contributed by atoms with Crippen LogP contribution in [0.4, 0.5) is 0 Å². The van der Waals surface area contributed by atoms with Gasteiger partial charge in [-0.1, -0.05) is 34.8 Å². The highest BCUT2D eigenvalue weighted by Gasteiger charge is 2.17. The van der Waals surface area contributed by atoms with Gasteiger partial charge >= 0.3 is 5.97 Å². The molecular formula is C16H9Cl3N2O2. The molecule has 0 saturated carbocycles. The number of esters is 1. The van der Waals surface area contributed by atoms with Gasteiger partial charge in [0.15, 0.2) is 11.5 Å². The van der Waals surface area contributed by atoms with E-state index >= 15 is 0 Å². The summed E-state index contributed by atoms with van der Waals surface area (Å²) in [6.07, 6.45) is 0. The zero-order valence-corrected chi connectivity index (χ0v) is 14.1. The Labute approximate surface area is 147 Å². The highest BCUT2D eigenvalue weighted by molar-refractivity contribution is 6.42. The molecule has 0 N–H and O–H groups in total. The second-order valence-electron chi connectivity index (χ2n) is 4.68.